The molecule has 2 rings (SSSR count). The molecule has 1 N–H and O–H groups in total. The number of hydrogen-bond donors (Lipinski definition) is 1. The monoisotopic (exact) mass is 277 g/mol. The van der Waals surface area contributed by atoms with Gasteiger partial charge < -0.3 is 14.8 Å². The number of aryl methyl sites for hydroxylation is 1. The van der Waals surface area contributed by atoms with E-state index < -0.39 is 0 Å². The van der Waals surface area contributed by atoms with Crippen molar-refractivity contribution in [1.29, 1.82) is 0 Å². The Labute approximate surface area is 122 Å². The summed E-state index contributed by atoms with van der Waals surface area (Å²) in [5.74, 6) is 2.57. The molecule has 1 unspecified atom stereocenters. The zero-order valence-corrected chi connectivity index (χ0v) is 12.8. The van der Waals surface area contributed by atoms with Gasteiger partial charge in [-0.3, -0.25) is 0 Å². The molecule has 0 saturated carbocycles. The van der Waals surface area contributed by atoms with Crippen molar-refractivity contribution in [1.82, 2.24) is 5.32 Å². The zero-order chi connectivity index (χ0) is 14.2. The minimum absolute atomic E-state index is 0.755. The Morgan fingerprint density at radius 2 is 1.95 bits per heavy atom. The first-order chi connectivity index (χ1) is 9.79. The molecule has 0 fully saturated rings. The van der Waals surface area contributed by atoms with Crippen LogP contribution in [0.15, 0.2) is 18.2 Å². The Morgan fingerprint density at radius 3 is 2.75 bits per heavy atom. The van der Waals surface area contributed by atoms with Crippen LogP contribution in [0.2, 0.25) is 0 Å². The summed E-state index contributed by atoms with van der Waals surface area (Å²) in [6, 6.07) is 6.38. The fraction of sp³-hybridized carbons (Fsp3) is 0.647. The standard InChI is InChI=1S/C17H27NO2/c1-3-18-10-9-14(2)5-6-15-7-8-16-17(13-15)20-12-4-11-19-16/h7-8,13-14,18H,3-6,9-12H2,1-2H3. The van der Waals surface area contributed by atoms with Gasteiger partial charge in [0.2, 0.25) is 0 Å². The van der Waals surface area contributed by atoms with Gasteiger partial charge >= 0.3 is 0 Å². The summed E-state index contributed by atoms with van der Waals surface area (Å²) in [5, 5.41) is 3.39. The van der Waals surface area contributed by atoms with Crippen LogP contribution < -0.4 is 14.8 Å². The van der Waals surface area contributed by atoms with Crippen molar-refractivity contribution in [2.45, 2.75) is 39.5 Å². The van der Waals surface area contributed by atoms with Crippen LogP contribution in [0.5, 0.6) is 11.5 Å². The first-order valence-electron chi connectivity index (χ1n) is 7.89. The van der Waals surface area contributed by atoms with Crippen LogP contribution in [0.3, 0.4) is 0 Å². The summed E-state index contributed by atoms with van der Waals surface area (Å²) < 4.78 is 11.4. The minimum Gasteiger partial charge on any atom is -0.490 e. The summed E-state index contributed by atoms with van der Waals surface area (Å²) in [5.41, 5.74) is 1.35. The third-order valence-electron chi connectivity index (χ3n) is 3.80. The molecule has 1 aliphatic heterocycles. The van der Waals surface area contributed by atoms with Crippen molar-refractivity contribution in [3.63, 3.8) is 0 Å². The first-order valence-corrected chi connectivity index (χ1v) is 7.89. The fourth-order valence-corrected chi connectivity index (χ4v) is 2.45. The first kappa shape index (κ1) is 15.2. The molecule has 1 aliphatic rings. The van der Waals surface area contributed by atoms with Gasteiger partial charge in [-0.05, 0) is 56.0 Å². The molecule has 0 amide bonds. The van der Waals surface area contributed by atoms with Crippen LogP contribution >= 0.6 is 0 Å². The highest BCUT2D eigenvalue weighted by molar-refractivity contribution is 5.43. The average Bonchev–Trinajstić information content (AvgIpc) is 2.70. The lowest BCUT2D eigenvalue weighted by atomic mass is 9.98. The Hall–Kier alpha value is -1.22. The van der Waals surface area contributed by atoms with Gasteiger partial charge in [-0.25, -0.2) is 0 Å². The zero-order valence-electron chi connectivity index (χ0n) is 12.8. The van der Waals surface area contributed by atoms with Crippen LogP contribution in [-0.2, 0) is 6.42 Å². The minimum atomic E-state index is 0.755. The smallest absolute Gasteiger partial charge is 0.161 e. The molecule has 0 saturated heterocycles. The molecular weight excluding hydrogens is 250 g/mol. The van der Waals surface area contributed by atoms with Crippen molar-refractivity contribution in [3.05, 3.63) is 23.8 Å². The lowest BCUT2D eigenvalue weighted by Crippen LogP contribution is -2.16. The molecule has 0 bridgehead atoms. The molecule has 0 radical (unpaired) electrons. The van der Waals surface area contributed by atoms with E-state index in [1.807, 2.05) is 0 Å². The quantitative estimate of drug-likeness (QED) is 0.775. The number of ether oxygens (including phenoxy) is 2. The van der Waals surface area contributed by atoms with E-state index in [0.717, 1.165) is 56.6 Å². The van der Waals surface area contributed by atoms with E-state index >= 15 is 0 Å². The maximum absolute atomic E-state index is 5.74. The van der Waals surface area contributed by atoms with Crippen molar-refractivity contribution in [3.8, 4) is 11.5 Å². The largest absolute Gasteiger partial charge is 0.490 e. The average molecular weight is 277 g/mol. The number of nitrogens with one attached hydrogen (secondary N) is 1. The molecule has 20 heavy (non-hydrogen) atoms. The summed E-state index contributed by atoms with van der Waals surface area (Å²) >= 11 is 0. The Morgan fingerprint density at radius 1 is 1.15 bits per heavy atom. The normalized spacial score (nSPS) is 15.7. The molecule has 1 aromatic carbocycles. The molecule has 3 nitrogen and oxygen atoms in total. The van der Waals surface area contributed by atoms with Gasteiger partial charge in [0.05, 0.1) is 13.2 Å². The number of fused-ring (bicyclic) bond motifs is 1. The van der Waals surface area contributed by atoms with E-state index in [0.29, 0.717) is 0 Å². The molecule has 112 valence electrons. The van der Waals surface area contributed by atoms with Gasteiger partial charge in [0.15, 0.2) is 11.5 Å². The van der Waals surface area contributed by atoms with Crippen molar-refractivity contribution in [2.75, 3.05) is 26.3 Å². The summed E-state index contributed by atoms with van der Waals surface area (Å²) in [6.07, 6.45) is 4.55. The molecule has 1 aromatic rings. The van der Waals surface area contributed by atoms with E-state index in [4.69, 9.17) is 9.47 Å². The van der Waals surface area contributed by atoms with E-state index in [-0.39, 0.29) is 0 Å². The molecule has 1 atom stereocenters. The third kappa shape index (κ3) is 4.71. The SMILES string of the molecule is CCNCCC(C)CCc1ccc2c(c1)OCCCO2. The topological polar surface area (TPSA) is 30.5 Å². The second-order valence-electron chi connectivity index (χ2n) is 5.62. The van der Waals surface area contributed by atoms with E-state index in [1.54, 1.807) is 0 Å². The molecule has 3 heteroatoms. The van der Waals surface area contributed by atoms with E-state index in [9.17, 15) is 0 Å². The van der Waals surface area contributed by atoms with Crippen LogP contribution in [0, 0.1) is 5.92 Å². The molecule has 0 aliphatic carbocycles. The molecule has 0 aromatic heterocycles. The number of rotatable bonds is 7. The highest BCUT2D eigenvalue weighted by Gasteiger charge is 2.11. The summed E-state index contributed by atoms with van der Waals surface area (Å²) in [4.78, 5) is 0. The second-order valence-corrected chi connectivity index (χ2v) is 5.62. The van der Waals surface area contributed by atoms with Crippen LogP contribution in [-0.4, -0.2) is 26.3 Å². The maximum Gasteiger partial charge on any atom is 0.161 e. The van der Waals surface area contributed by atoms with Gasteiger partial charge in [-0.1, -0.05) is 19.9 Å². The van der Waals surface area contributed by atoms with Gasteiger partial charge in [0.25, 0.3) is 0 Å². The van der Waals surface area contributed by atoms with E-state index in [2.05, 4.69) is 37.4 Å². The Balaban J connectivity index is 1.82. The molecule has 1 heterocycles. The predicted octanol–water partition coefficient (Wildman–Crippen LogP) is 3.42. The Kier molecular flexibility index (Phi) is 6.19. The van der Waals surface area contributed by atoms with Crippen molar-refractivity contribution < 1.29 is 9.47 Å². The second kappa shape index (κ2) is 8.15. The molecular formula is C17H27NO2. The highest BCUT2D eigenvalue weighted by Crippen LogP contribution is 2.31. The lowest BCUT2D eigenvalue weighted by Gasteiger charge is -2.13. The van der Waals surface area contributed by atoms with Gasteiger partial charge in [-0.2, -0.15) is 0 Å². The van der Waals surface area contributed by atoms with Gasteiger partial charge in [-0.15, -0.1) is 0 Å². The number of hydrogen-bond acceptors (Lipinski definition) is 3. The Bertz CT molecular complexity index is 406. The lowest BCUT2D eigenvalue weighted by molar-refractivity contribution is 0.297. The van der Waals surface area contributed by atoms with Gasteiger partial charge in [0, 0.05) is 6.42 Å². The summed E-state index contributed by atoms with van der Waals surface area (Å²) in [6.45, 7) is 8.19. The fourth-order valence-electron chi connectivity index (χ4n) is 2.45. The van der Waals surface area contributed by atoms with Crippen LogP contribution in [0.25, 0.3) is 0 Å². The van der Waals surface area contributed by atoms with Crippen LogP contribution in [0.1, 0.15) is 38.7 Å². The summed E-state index contributed by atoms with van der Waals surface area (Å²) in [7, 11) is 0. The van der Waals surface area contributed by atoms with Crippen molar-refractivity contribution in [2.24, 2.45) is 5.92 Å². The maximum atomic E-state index is 5.74. The third-order valence-corrected chi connectivity index (χ3v) is 3.80. The molecule has 0 spiro atoms. The predicted molar refractivity (Wildman–Crippen MR) is 82.7 cm³/mol. The number of benzene rings is 1. The highest BCUT2D eigenvalue weighted by atomic mass is 16.5. The van der Waals surface area contributed by atoms with Crippen molar-refractivity contribution >= 4 is 0 Å². The van der Waals surface area contributed by atoms with Crippen LogP contribution in [0.4, 0.5) is 0 Å². The van der Waals surface area contributed by atoms with E-state index in [1.165, 1.54) is 18.4 Å². The van der Waals surface area contributed by atoms with Gasteiger partial charge in [0.1, 0.15) is 0 Å².